The molecule has 0 saturated heterocycles. The average Bonchev–Trinajstić information content (AvgIpc) is 2.46. The van der Waals surface area contributed by atoms with Gasteiger partial charge < -0.3 is 10.5 Å². The summed E-state index contributed by atoms with van der Waals surface area (Å²) in [6.07, 6.45) is 2.78. The van der Waals surface area contributed by atoms with Gasteiger partial charge in [0, 0.05) is 12.0 Å². The van der Waals surface area contributed by atoms with E-state index in [0.717, 1.165) is 42.4 Å². The van der Waals surface area contributed by atoms with Gasteiger partial charge in [0.15, 0.2) is 5.82 Å². The molecule has 0 unspecified atom stereocenters. The summed E-state index contributed by atoms with van der Waals surface area (Å²) in [5, 5.41) is 0. The smallest absolute Gasteiger partial charge is 0.163 e. The van der Waals surface area contributed by atoms with Crippen LogP contribution in [-0.2, 0) is 12.8 Å². The standard InChI is InChI=1S/C15H18N4O/c1-10-17-14(6-7-16)19-15(18-10)12-4-5-13-11(9-12)3-2-8-20-13/h4-5,9H,2-3,6-8,16H2,1H3. The Bertz CT molecular complexity index is 627. The zero-order chi connectivity index (χ0) is 13.9. The van der Waals surface area contributed by atoms with Crippen LogP contribution >= 0.6 is 0 Å². The highest BCUT2D eigenvalue weighted by molar-refractivity contribution is 5.59. The summed E-state index contributed by atoms with van der Waals surface area (Å²) in [7, 11) is 0. The van der Waals surface area contributed by atoms with Gasteiger partial charge in [-0.1, -0.05) is 0 Å². The molecule has 0 aliphatic carbocycles. The molecule has 20 heavy (non-hydrogen) atoms. The predicted octanol–water partition coefficient (Wildman–Crippen LogP) is 1.67. The molecule has 1 aromatic carbocycles. The number of hydrogen-bond acceptors (Lipinski definition) is 5. The van der Waals surface area contributed by atoms with E-state index in [0.29, 0.717) is 18.8 Å². The average molecular weight is 270 g/mol. The van der Waals surface area contributed by atoms with Crippen LogP contribution in [-0.4, -0.2) is 28.1 Å². The van der Waals surface area contributed by atoms with Crippen LogP contribution in [0.2, 0.25) is 0 Å². The topological polar surface area (TPSA) is 73.9 Å². The summed E-state index contributed by atoms with van der Waals surface area (Å²) in [5.74, 6) is 3.18. The summed E-state index contributed by atoms with van der Waals surface area (Å²) in [6.45, 7) is 3.23. The first-order chi connectivity index (χ1) is 9.76. The Labute approximate surface area is 118 Å². The van der Waals surface area contributed by atoms with Gasteiger partial charge in [-0.15, -0.1) is 0 Å². The van der Waals surface area contributed by atoms with E-state index in [1.165, 1.54) is 5.56 Å². The van der Waals surface area contributed by atoms with E-state index in [2.05, 4.69) is 21.0 Å². The van der Waals surface area contributed by atoms with Crippen LogP contribution in [0.5, 0.6) is 5.75 Å². The maximum atomic E-state index is 5.63. The Kier molecular flexibility index (Phi) is 3.60. The minimum Gasteiger partial charge on any atom is -0.493 e. The number of benzene rings is 1. The minimum absolute atomic E-state index is 0.543. The number of hydrogen-bond donors (Lipinski definition) is 1. The molecule has 1 aliphatic rings. The molecule has 0 radical (unpaired) electrons. The molecule has 5 heteroatoms. The lowest BCUT2D eigenvalue weighted by Gasteiger charge is -2.17. The number of nitrogens with two attached hydrogens (primary N) is 1. The van der Waals surface area contributed by atoms with Gasteiger partial charge in [-0.05, 0) is 50.1 Å². The maximum absolute atomic E-state index is 5.63. The van der Waals surface area contributed by atoms with Gasteiger partial charge in [0.2, 0.25) is 0 Å². The zero-order valence-corrected chi connectivity index (χ0v) is 11.6. The second kappa shape index (κ2) is 5.54. The molecule has 3 rings (SSSR count). The lowest BCUT2D eigenvalue weighted by molar-refractivity contribution is 0.288. The number of aryl methyl sites for hydroxylation is 2. The molecule has 2 N–H and O–H groups in total. The third-order valence-corrected chi connectivity index (χ3v) is 3.33. The van der Waals surface area contributed by atoms with Crippen molar-refractivity contribution in [3.8, 4) is 17.1 Å². The van der Waals surface area contributed by atoms with E-state index in [1.807, 2.05) is 19.1 Å². The Morgan fingerprint density at radius 3 is 3.00 bits per heavy atom. The summed E-state index contributed by atoms with van der Waals surface area (Å²) in [6, 6.07) is 6.13. The molecule has 0 fully saturated rings. The molecule has 2 aromatic rings. The van der Waals surface area contributed by atoms with Crippen LogP contribution in [0, 0.1) is 6.92 Å². The number of ether oxygens (including phenoxy) is 1. The lowest BCUT2D eigenvalue weighted by atomic mass is 10.0. The molecular weight excluding hydrogens is 252 g/mol. The molecule has 104 valence electrons. The first-order valence-electron chi connectivity index (χ1n) is 6.94. The summed E-state index contributed by atoms with van der Waals surface area (Å²) < 4.78 is 5.63. The second-order valence-corrected chi connectivity index (χ2v) is 4.94. The molecule has 0 saturated carbocycles. The van der Waals surface area contributed by atoms with Crippen molar-refractivity contribution in [2.75, 3.05) is 13.2 Å². The summed E-state index contributed by atoms with van der Waals surface area (Å²) >= 11 is 0. The molecule has 2 heterocycles. The Morgan fingerprint density at radius 1 is 1.25 bits per heavy atom. The van der Waals surface area contributed by atoms with Gasteiger partial charge >= 0.3 is 0 Å². The Hall–Kier alpha value is -2.01. The molecule has 0 amide bonds. The van der Waals surface area contributed by atoms with Gasteiger partial charge in [0.25, 0.3) is 0 Å². The van der Waals surface area contributed by atoms with Crippen LogP contribution in [0.4, 0.5) is 0 Å². The third kappa shape index (κ3) is 2.63. The summed E-state index contributed by atoms with van der Waals surface area (Å²) in [5.41, 5.74) is 7.81. The predicted molar refractivity (Wildman–Crippen MR) is 76.6 cm³/mol. The lowest BCUT2D eigenvalue weighted by Crippen LogP contribution is -2.10. The molecule has 1 aliphatic heterocycles. The van der Waals surface area contributed by atoms with E-state index >= 15 is 0 Å². The fraction of sp³-hybridized carbons (Fsp3) is 0.400. The zero-order valence-electron chi connectivity index (χ0n) is 11.6. The van der Waals surface area contributed by atoms with Crippen LogP contribution in [0.25, 0.3) is 11.4 Å². The molecule has 1 aromatic heterocycles. The molecule has 0 spiro atoms. The highest BCUT2D eigenvalue weighted by atomic mass is 16.5. The fourth-order valence-electron chi connectivity index (χ4n) is 2.41. The van der Waals surface area contributed by atoms with Crippen molar-refractivity contribution < 1.29 is 4.74 Å². The molecular formula is C15H18N4O. The van der Waals surface area contributed by atoms with E-state index in [4.69, 9.17) is 10.5 Å². The quantitative estimate of drug-likeness (QED) is 0.918. The van der Waals surface area contributed by atoms with Crippen molar-refractivity contribution in [2.45, 2.75) is 26.2 Å². The van der Waals surface area contributed by atoms with Gasteiger partial charge in [-0.3, -0.25) is 0 Å². The third-order valence-electron chi connectivity index (χ3n) is 3.33. The maximum Gasteiger partial charge on any atom is 0.163 e. The van der Waals surface area contributed by atoms with E-state index < -0.39 is 0 Å². The van der Waals surface area contributed by atoms with E-state index in [9.17, 15) is 0 Å². The monoisotopic (exact) mass is 270 g/mol. The number of nitrogens with zero attached hydrogens (tertiary/aromatic N) is 3. The van der Waals surface area contributed by atoms with E-state index in [1.54, 1.807) is 0 Å². The highest BCUT2D eigenvalue weighted by Crippen LogP contribution is 2.28. The van der Waals surface area contributed by atoms with Crippen molar-refractivity contribution in [3.05, 3.63) is 35.4 Å². The van der Waals surface area contributed by atoms with Crippen LogP contribution in [0.1, 0.15) is 23.6 Å². The van der Waals surface area contributed by atoms with Crippen molar-refractivity contribution in [2.24, 2.45) is 5.73 Å². The first kappa shape index (κ1) is 13.0. The molecule has 0 atom stereocenters. The summed E-state index contributed by atoms with van der Waals surface area (Å²) in [4.78, 5) is 13.2. The molecule has 0 bridgehead atoms. The second-order valence-electron chi connectivity index (χ2n) is 4.94. The van der Waals surface area contributed by atoms with Gasteiger partial charge in [-0.25, -0.2) is 15.0 Å². The minimum atomic E-state index is 0.543. The van der Waals surface area contributed by atoms with Crippen molar-refractivity contribution in [1.82, 2.24) is 15.0 Å². The largest absolute Gasteiger partial charge is 0.493 e. The van der Waals surface area contributed by atoms with Crippen LogP contribution < -0.4 is 10.5 Å². The van der Waals surface area contributed by atoms with Crippen molar-refractivity contribution >= 4 is 0 Å². The SMILES string of the molecule is Cc1nc(CCN)nc(-c2ccc3c(c2)CCCO3)n1. The van der Waals surface area contributed by atoms with Crippen molar-refractivity contribution in [1.29, 1.82) is 0 Å². The highest BCUT2D eigenvalue weighted by Gasteiger charge is 2.13. The number of aromatic nitrogens is 3. The fourth-order valence-corrected chi connectivity index (χ4v) is 2.41. The number of fused-ring (bicyclic) bond motifs is 1. The van der Waals surface area contributed by atoms with Crippen LogP contribution in [0.3, 0.4) is 0 Å². The Balaban J connectivity index is 1.99. The van der Waals surface area contributed by atoms with Crippen LogP contribution in [0.15, 0.2) is 18.2 Å². The van der Waals surface area contributed by atoms with Gasteiger partial charge in [-0.2, -0.15) is 0 Å². The van der Waals surface area contributed by atoms with E-state index in [-0.39, 0.29) is 0 Å². The number of rotatable bonds is 3. The van der Waals surface area contributed by atoms with Crippen molar-refractivity contribution in [3.63, 3.8) is 0 Å². The Morgan fingerprint density at radius 2 is 2.15 bits per heavy atom. The van der Waals surface area contributed by atoms with Gasteiger partial charge in [0.05, 0.1) is 6.61 Å². The first-order valence-corrected chi connectivity index (χ1v) is 6.94. The normalized spacial score (nSPS) is 13.7. The molecule has 5 nitrogen and oxygen atoms in total. The van der Waals surface area contributed by atoms with Gasteiger partial charge in [0.1, 0.15) is 17.4 Å².